The minimum Gasteiger partial charge on any atom is -0.492 e. The number of thioether (sulfide) groups is 1. The molecule has 6 rings (SSSR count). The summed E-state index contributed by atoms with van der Waals surface area (Å²) < 4.78 is 26.0. The Kier molecular flexibility index (Phi) is 4.59. The molecule has 4 nitrogen and oxygen atoms in total. The smallest absolute Gasteiger partial charge is 0.197 e. The Bertz CT molecular complexity index is 1480. The van der Waals surface area contributed by atoms with Crippen LogP contribution in [0.5, 0.6) is 5.75 Å². The Hall–Kier alpha value is -3.09. The second-order valence-electron chi connectivity index (χ2n) is 7.72. The average Bonchev–Trinajstić information content (AvgIpc) is 2.97. The van der Waals surface area contributed by atoms with Crippen molar-refractivity contribution in [1.82, 2.24) is 0 Å². The lowest BCUT2D eigenvalue weighted by atomic mass is 9.88. The van der Waals surface area contributed by atoms with Crippen molar-refractivity contribution in [2.24, 2.45) is 10.9 Å². The molecule has 2 atom stereocenters. The molecule has 0 unspecified atom stereocenters. The number of ether oxygens (including phenoxy) is 1. The molecule has 158 valence electrons. The quantitative estimate of drug-likeness (QED) is 0.320. The fourth-order valence-electron chi connectivity index (χ4n) is 4.25. The highest BCUT2D eigenvalue weighted by Gasteiger charge is 2.39. The standard InChI is InChI=1S/C25H15ClFNO3S/c26-13-5-7-21-16(9-13)24(29)18(12-31-21)25-17-11-30-20-8-6-14(27)10-15(20)23(17)28-19-3-1-2-4-22(19)32-25/h1-10,12,17,25H,11H2/t17-,25+/m1/s1. The zero-order chi connectivity index (χ0) is 21.8. The van der Waals surface area contributed by atoms with Crippen molar-refractivity contribution < 1.29 is 13.5 Å². The monoisotopic (exact) mass is 463 g/mol. The van der Waals surface area contributed by atoms with Crippen LogP contribution < -0.4 is 10.2 Å². The minimum absolute atomic E-state index is 0.143. The van der Waals surface area contributed by atoms with Gasteiger partial charge < -0.3 is 9.15 Å². The number of benzene rings is 3. The normalized spacial score (nSPS) is 19.2. The highest BCUT2D eigenvalue weighted by molar-refractivity contribution is 7.99. The number of rotatable bonds is 1. The molecule has 0 fully saturated rings. The first-order valence-electron chi connectivity index (χ1n) is 10.1. The Morgan fingerprint density at radius 3 is 2.88 bits per heavy atom. The maximum Gasteiger partial charge on any atom is 0.197 e. The predicted octanol–water partition coefficient (Wildman–Crippen LogP) is 6.56. The highest BCUT2D eigenvalue weighted by Crippen LogP contribution is 2.49. The van der Waals surface area contributed by atoms with Crippen molar-refractivity contribution in [3.63, 3.8) is 0 Å². The topological polar surface area (TPSA) is 51.8 Å². The predicted molar refractivity (Wildman–Crippen MR) is 124 cm³/mol. The van der Waals surface area contributed by atoms with Crippen molar-refractivity contribution in [2.45, 2.75) is 10.1 Å². The number of para-hydroxylation sites is 1. The van der Waals surface area contributed by atoms with E-state index in [2.05, 4.69) is 0 Å². The number of halogens is 2. The van der Waals surface area contributed by atoms with Crippen LogP contribution in [0.1, 0.15) is 16.4 Å². The zero-order valence-corrected chi connectivity index (χ0v) is 18.1. The van der Waals surface area contributed by atoms with Gasteiger partial charge in [-0.3, -0.25) is 9.79 Å². The molecule has 4 aromatic rings. The van der Waals surface area contributed by atoms with E-state index < -0.39 is 0 Å². The summed E-state index contributed by atoms with van der Waals surface area (Å²) in [6.45, 7) is 0.316. The van der Waals surface area contributed by atoms with Crippen LogP contribution in [0.4, 0.5) is 10.1 Å². The van der Waals surface area contributed by atoms with Crippen LogP contribution in [0, 0.1) is 11.7 Å². The van der Waals surface area contributed by atoms with Gasteiger partial charge in [-0.05, 0) is 48.5 Å². The van der Waals surface area contributed by atoms with Crippen LogP contribution in [0.2, 0.25) is 5.02 Å². The van der Waals surface area contributed by atoms with E-state index in [0.717, 1.165) is 10.6 Å². The maximum atomic E-state index is 14.2. The Morgan fingerprint density at radius 2 is 1.97 bits per heavy atom. The lowest BCUT2D eigenvalue weighted by Gasteiger charge is -2.31. The van der Waals surface area contributed by atoms with E-state index in [1.807, 2.05) is 24.3 Å². The van der Waals surface area contributed by atoms with Gasteiger partial charge in [0, 0.05) is 21.0 Å². The molecule has 7 heteroatoms. The van der Waals surface area contributed by atoms with E-state index in [-0.39, 0.29) is 22.4 Å². The molecule has 0 spiro atoms. The molecule has 0 N–H and O–H groups in total. The number of aliphatic imine (C=N–C) groups is 1. The van der Waals surface area contributed by atoms with Crippen LogP contribution >= 0.6 is 23.4 Å². The molecule has 0 saturated heterocycles. The SMILES string of the molecule is O=c1c([C@H]2Sc3ccccc3N=C3c4cc(F)ccc4OC[C@H]32)coc2ccc(Cl)cc12. The number of fused-ring (bicyclic) bond motifs is 5. The van der Waals surface area contributed by atoms with Crippen molar-refractivity contribution in [1.29, 1.82) is 0 Å². The van der Waals surface area contributed by atoms with Crippen LogP contribution in [0.3, 0.4) is 0 Å². The van der Waals surface area contributed by atoms with Gasteiger partial charge in [0.1, 0.15) is 17.1 Å². The van der Waals surface area contributed by atoms with Gasteiger partial charge in [-0.1, -0.05) is 23.7 Å². The largest absolute Gasteiger partial charge is 0.492 e. The summed E-state index contributed by atoms with van der Waals surface area (Å²) in [5.74, 6) is -0.0552. The van der Waals surface area contributed by atoms with E-state index in [4.69, 9.17) is 25.7 Å². The zero-order valence-electron chi connectivity index (χ0n) is 16.5. The van der Waals surface area contributed by atoms with Crippen molar-refractivity contribution in [3.05, 3.63) is 99.1 Å². The summed E-state index contributed by atoms with van der Waals surface area (Å²) in [7, 11) is 0. The van der Waals surface area contributed by atoms with Gasteiger partial charge in [-0.25, -0.2) is 4.39 Å². The molecule has 0 radical (unpaired) electrons. The number of hydrogen-bond donors (Lipinski definition) is 0. The second kappa shape index (κ2) is 7.50. The minimum atomic E-state index is -0.364. The lowest BCUT2D eigenvalue weighted by Crippen LogP contribution is -2.33. The number of hydrogen-bond acceptors (Lipinski definition) is 5. The Morgan fingerprint density at radius 1 is 1.09 bits per heavy atom. The summed E-state index contributed by atoms with van der Waals surface area (Å²) in [6.07, 6.45) is 1.52. The first-order chi connectivity index (χ1) is 15.6. The highest BCUT2D eigenvalue weighted by atomic mass is 35.5. The van der Waals surface area contributed by atoms with E-state index in [0.29, 0.717) is 45.2 Å². The van der Waals surface area contributed by atoms with Crippen molar-refractivity contribution >= 4 is 45.7 Å². The van der Waals surface area contributed by atoms with E-state index in [1.54, 1.807) is 36.0 Å². The first kappa shape index (κ1) is 19.6. The molecular weight excluding hydrogens is 449 g/mol. The van der Waals surface area contributed by atoms with E-state index >= 15 is 0 Å². The molecule has 2 aliphatic heterocycles. The van der Waals surface area contributed by atoms with Crippen molar-refractivity contribution in [3.8, 4) is 5.75 Å². The molecule has 1 aromatic heterocycles. The van der Waals surface area contributed by atoms with Crippen LogP contribution in [-0.2, 0) is 0 Å². The molecule has 0 saturated carbocycles. The Labute approximate surface area is 191 Å². The summed E-state index contributed by atoms with van der Waals surface area (Å²) in [5, 5.41) is 0.553. The van der Waals surface area contributed by atoms with Gasteiger partial charge in [0.05, 0.1) is 40.8 Å². The maximum absolute atomic E-state index is 14.2. The van der Waals surface area contributed by atoms with E-state index in [9.17, 15) is 9.18 Å². The summed E-state index contributed by atoms with van der Waals surface area (Å²) in [4.78, 5) is 19.4. The van der Waals surface area contributed by atoms with Gasteiger partial charge in [-0.15, -0.1) is 11.8 Å². The van der Waals surface area contributed by atoms with E-state index in [1.165, 1.54) is 18.4 Å². The van der Waals surface area contributed by atoms with Gasteiger partial charge in [0.25, 0.3) is 0 Å². The fraction of sp³-hybridized carbons (Fsp3) is 0.120. The third-order valence-electron chi connectivity index (χ3n) is 5.78. The molecule has 0 aliphatic carbocycles. The molecule has 3 aromatic carbocycles. The lowest BCUT2D eigenvalue weighted by molar-refractivity contribution is 0.270. The molecule has 0 amide bonds. The van der Waals surface area contributed by atoms with Gasteiger partial charge in [0.15, 0.2) is 5.43 Å². The van der Waals surface area contributed by atoms with Gasteiger partial charge >= 0.3 is 0 Å². The third-order valence-corrected chi connectivity index (χ3v) is 7.45. The van der Waals surface area contributed by atoms with Crippen molar-refractivity contribution in [2.75, 3.05) is 6.61 Å². The average molecular weight is 464 g/mol. The fourth-order valence-corrected chi connectivity index (χ4v) is 5.75. The van der Waals surface area contributed by atoms with Gasteiger partial charge in [-0.2, -0.15) is 0 Å². The molecule has 2 aliphatic rings. The summed E-state index contributed by atoms with van der Waals surface area (Å²) >= 11 is 7.68. The second-order valence-corrected chi connectivity index (χ2v) is 9.34. The summed E-state index contributed by atoms with van der Waals surface area (Å²) in [5.41, 5.74) is 2.93. The van der Waals surface area contributed by atoms with Gasteiger partial charge in [0.2, 0.25) is 0 Å². The molecule has 3 heterocycles. The Balaban J connectivity index is 1.59. The molecule has 0 bridgehead atoms. The third kappa shape index (κ3) is 3.14. The molecular formula is C25H15ClFNO3S. The van der Waals surface area contributed by atoms with Crippen LogP contribution in [0.25, 0.3) is 11.0 Å². The van der Waals surface area contributed by atoms with Crippen LogP contribution in [0.15, 0.2) is 86.0 Å². The summed E-state index contributed by atoms with van der Waals surface area (Å²) in [6, 6.07) is 17.2. The van der Waals surface area contributed by atoms with Crippen LogP contribution in [-0.4, -0.2) is 12.3 Å². The number of nitrogens with zero attached hydrogens (tertiary/aromatic N) is 1. The molecule has 32 heavy (non-hydrogen) atoms. The first-order valence-corrected chi connectivity index (χ1v) is 11.3.